The molecular weight excluding hydrogens is 348 g/mol. The number of aromatic nitrogens is 3. The zero-order valence-corrected chi connectivity index (χ0v) is 16.0. The maximum Gasteiger partial charge on any atom is 0.254 e. The third-order valence-corrected chi connectivity index (χ3v) is 4.99. The summed E-state index contributed by atoms with van der Waals surface area (Å²) in [6.45, 7) is 2.59. The number of imidazole rings is 1. The maximum absolute atomic E-state index is 12.8. The standard InChI is InChI=1S/C23H22N4O/c1-17(18-8-4-3-5-9-18)27-21-11-7-6-10-20(21)25-22(27)16-26(2)23(28)19-12-14-24-15-13-19/h3-15,17H,16H2,1-2H3. The third kappa shape index (κ3) is 3.39. The first kappa shape index (κ1) is 17.9. The van der Waals surface area contributed by atoms with Crippen LogP contribution in [0.3, 0.4) is 0 Å². The van der Waals surface area contributed by atoms with Crippen LogP contribution in [-0.2, 0) is 6.54 Å². The number of hydrogen-bond acceptors (Lipinski definition) is 3. The second kappa shape index (κ2) is 7.64. The Balaban J connectivity index is 1.72. The Morgan fingerprint density at radius 3 is 2.43 bits per heavy atom. The molecule has 0 aliphatic rings. The van der Waals surface area contributed by atoms with Gasteiger partial charge in [0.2, 0.25) is 0 Å². The molecule has 5 heteroatoms. The number of benzene rings is 2. The van der Waals surface area contributed by atoms with Crippen LogP contribution in [0, 0.1) is 0 Å². The molecule has 4 rings (SSSR count). The second-order valence-electron chi connectivity index (χ2n) is 6.87. The molecule has 0 aliphatic carbocycles. The van der Waals surface area contributed by atoms with E-state index in [9.17, 15) is 4.79 Å². The molecule has 1 amide bonds. The number of hydrogen-bond donors (Lipinski definition) is 0. The molecule has 1 atom stereocenters. The Morgan fingerprint density at radius 2 is 1.68 bits per heavy atom. The highest BCUT2D eigenvalue weighted by atomic mass is 16.2. The van der Waals surface area contributed by atoms with E-state index in [2.05, 4.69) is 34.7 Å². The number of para-hydroxylation sites is 2. The van der Waals surface area contributed by atoms with Crippen molar-refractivity contribution in [2.75, 3.05) is 7.05 Å². The highest BCUT2D eigenvalue weighted by Gasteiger charge is 2.20. The van der Waals surface area contributed by atoms with Gasteiger partial charge in [-0.1, -0.05) is 42.5 Å². The van der Waals surface area contributed by atoms with Crippen LogP contribution in [0.25, 0.3) is 11.0 Å². The van der Waals surface area contributed by atoms with Crippen LogP contribution in [0.4, 0.5) is 0 Å². The number of pyridine rings is 1. The van der Waals surface area contributed by atoms with Crippen LogP contribution >= 0.6 is 0 Å². The van der Waals surface area contributed by atoms with Crippen molar-refractivity contribution in [3.8, 4) is 0 Å². The van der Waals surface area contributed by atoms with Crippen LogP contribution in [0.5, 0.6) is 0 Å². The number of carbonyl (C=O) groups excluding carboxylic acids is 1. The first-order chi connectivity index (χ1) is 13.6. The highest BCUT2D eigenvalue weighted by Crippen LogP contribution is 2.26. The van der Waals surface area contributed by atoms with Crippen LogP contribution in [0.1, 0.15) is 34.7 Å². The van der Waals surface area contributed by atoms with E-state index in [0.717, 1.165) is 16.9 Å². The molecule has 0 aliphatic heterocycles. The van der Waals surface area contributed by atoms with E-state index in [4.69, 9.17) is 4.98 Å². The minimum atomic E-state index is -0.0478. The van der Waals surface area contributed by atoms with Gasteiger partial charge in [-0.05, 0) is 36.8 Å². The lowest BCUT2D eigenvalue weighted by Gasteiger charge is -2.22. The minimum absolute atomic E-state index is 0.0478. The third-order valence-electron chi connectivity index (χ3n) is 4.99. The van der Waals surface area contributed by atoms with E-state index in [1.54, 1.807) is 36.5 Å². The first-order valence-electron chi connectivity index (χ1n) is 9.31. The van der Waals surface area contributed by atoms with Gasteiger partial charge in [-0.2, -0.15) is 0 Å². The average molecular weight is 370 g/mol. The van der Waals surface area contributed by atoms with Crippen molar-refractivity contribution in [2.24, 2.45) is 0 Å². The topological polar surface area (TPSA) is 51.0 Å². The average Bonchev–Trinajstić information content (AvgIpc) is 3.11. The fraction of sp³-hybridized carbons (Fsp3) is 0.174. The van der Waals surface area contributed by atoms with Crippen LogP contribution in [0.2, 0.25) is 0 Å². The summed E-state index contributed by atoms with van der Waals surface area (Å²) in [5.74, 6) is 0.816. The summed E-state index contributed by atoms with van der Waals surface area (Å²) in [7, 11) is 1.81. The normalized spacial score (nSPS) is 12.1. The molecule has 4 aromatic rings. The van der Waals surface area contributed by atoms with Gasteiger partial charge in [-0.15, -0.1) is 0 Å². The Kier molecular flexibility index (Phi) is 4.89. The summed E-state index contributed by atoms with van der Waals surface area (Å²) in [5, 5.41) is 0. The van der Waals surface area contributed by atoms with E-state index in [1.165, 1.54) is 5.56 Å². The Labute approximate surface area is 164 Å². The zero-order valence-electron chi connectivity index (χ0n) is 16.0. The molecule has 2 aromatic carbocycles. The summed E-state index contributed by atoms with van der Waals surface area (Å²) >= 11 is 0. The molecule has 0 saturated carbocycles. The van der Waals surface area contributed by atoms with Crippen molar-refractivity contribution in [3.05, 3.63) is 96.1 Å². The van der Waals surface area contributed by atoms with Gasteiger partial charge >= 0.3 is 0 Å². The summed E-state index contributed by atoms with van der Waals surface area (Å²) in [6.07, 6.45) is 3.27. The van der Waals surface area contributed by atoms with Crippen LogP contribution < -0.4 is 0 Å². The lowest BCUT2D eigenvalue weighted by molar-refractivity contribution is 0.0780. The Morgan fingerprint density at radius 1 is 1.00 bits per heavy atom. The number of amides is 1. The molecule has 0 fully saturated rings. The molecule has 0 spiro atoms. The fourth-order valence-electron chi connectivity index (χ4n) is 3.52. The molecule has 2 heterocycles. The summed E-state index contributed by atoms with van der Waals surface area (Å²) in [4.78, 5) is 23.3. The number of rotatable bonds is 5. The van der Waals surface area contributed by atoms with Crippen molar-refractivity contribution in [1.29, 1.82) is 0 Å². The molecule has 140 valence electrons. The van der Waals surface area contributed by atoms with Crippen LogP contribution in [0.15, 0.2) is 79.1 Å². The van der Waals surface area contributed by atoms with Crippen molar-refractivity contribution < 1.29 is 4.79 Å². The molecule has 28 heavy (non-hydrogen) atoms. The van der Waals surface area contributed by atoms with Gasteiger partial charge in [0.1, 0.15) is 5.82 Å². The van der Waals surface area contributed by atoms with Gasteiger partial charge in [0.15, 0.2) is 0 Å². The predicted octanol–water partition coefficient (Wildman–Crippen LogP) is 4.31. The van der Waals surface area contributed by atoms with E-state index in [1.807, 2.05) is 36.4 Å². The molecule has 1 unspecified atom stereocenters. The largest absolute Gasteiger partial charge is 0.334 e. The SMILES string of the molecule is CC(c1ccccc1)n1c(CN(C)C(=O)c2ccncc2)nc2ccccc21. The van der Waals surface area contributed by atoms with Crippen molar-refractivity contribution in [3.63, 3.8) is 0 Å². The molecule has 5 nitrogen and oxygen atoms in total. The van der Waals surface area contributed by atoms with E-state index in [-0.39, 0.29) is 11.9 Å². The number of nitrogens with zero attached hydrogens (tertiary/aromatic N) is 4. The zero-order chi connectivity index (χ0) is 19.5. The lowest BCUT2D eigenvalue weighted by atomic mass is 10.1. The summed E-state index contributed by atoms with van der Waals surface area (Å²) in [5.41, 5.74) is 3.83. The molecule has 0 N–H and O–H groups in total. The minimum Gasteiger partial charge on any atom is -0.334 e. The van der Waals surface area contributed by atoms with Gasteiger partial charge in [0.25, 0.3) is 5.91 Å². The monoisotopic (exact) mass is 370 g/mol. The lowest BCUT2D eigenvalue weighted by Crippen LogP contribution is -2.28. The highest BCUT2D eigenvalue weighted by molar-refractivity contribution is 5.93. The van der Waals surface area contributed by atoms with Gasteiger partial charge in [0.05, 0.1) is 23.6 Å². The van der Waals surface area contributed by atoms with Crippen molar-refractivity contribution in [1.82, 2.24) is 19.4 Å². The van der Waals surface area contributed by atoms with Gasteiger partial charge in [-0.25, -0.2) is 4.98 Å². The second-order valence-corrected chi connectivity index (χ2v) is 6.87. The van der Waals surface area contributed by atoms with E-state index in [0.29, 0.717) is 12.1 Å². The number of fused-ring (bicyclic) bond motifs is 1. The molecule has 0 radical (unpaired) electrons. The first-order valence-corrected chi connectivity index (χ1v) is 9.31. The Bertz CT molecular complexity index is 1090. The molecule has 0 saturated heterocycles. The smallest absolute Gasteiger partial charge is 0.254 e. The maximum atomic E-state index is 12.8. The fourth-order valence-corrected chi connectivity index (χ4v) is 3.52. The van der Waals surface area contributed by atoms with Crippen molar-refractivity contribution >= 4 is 16.9 Å². The Hall–Kier alpha value is -3.47. The van der Waals surface area contributed by atoms with E-state index < -0.39 is 0 Å². The number of carbonyl (C=O) groups is 1. The van der Waals surface area contributed by atoms with Crippen LogP contribution in [-0.4, -0.2) is 32.4 Å². The van der Waals surface area contributed by atoms with Crippen molar-refractivity contribution in [2.45, 2.75) is 19.5 Å². The summed E-state index contributed by atoms with van der Waals surface area (Å²) < 4.78 is 2.22. The molecule has 0 bridgehead atoms. The van der Waals surface area contributed by atoms with E-state index >= 15 is 0 Å². The predicted molar refractivity (Wildman–Crippen MR) is 110 cm³/mol. The molecular formula is C23H22N4O. The van der Waals surface area contributed by atoms with Gasteiger partial charge in [-0.3, -0.25) is 9.78 Å². The van der Waals surface area contributed by atoms with Gasteiger partial charge < -0.3 is 9.47 Å². The van der Waals surface area contributed by atoms with Gasteiger partial charge in [0, 0.05) is 25.0 Å². The molecule has 2 aromatic heterocycles. The quantitative estimate of drug-likeness (QED) is 0.526. The summed E-state index contributed by atoms with van der Waals surface area (Å²) in [6, 6.07) is 22.0.